The SMILES string of the molecule is CC(C)(C)NC(=O)c1cc(NC(=O)Cc2cc(O)ccc2F)ccn1. The van der Waals surface area contributed by atoms with E-state index in [1.807, 2.05) is 20.8 Å². The van der Waals surface area contributed by atoms with Crippen LogP contribution in [-0.2, 0) is 11.2 Å². The Kier molecular flexibility index (Phi) is 5.36. The van der Waals surface area contributed by atoms with Crippen molar-refractivity contribution in [2.24, 2.45) is 0 Å². The van der Waals surface area contributed by atoms with E-state index in [2.05, 4.69) is 15.6 Å². The molecule has 1 aromatic carbocycles. The van der Waals surface area contributed by atoms with Crippen molar-refractivity contribution in [2.45, 2.75) is 32.7 Å². The van der Waals surface area contributed by atoms with Gasteiger partial charge >= 0.3 is 0 Å². The normalized spacial score (nSPS) is 11.0. The largest absolute Gasteiger partial charge is 0.508 e. The van der Waals surface area contributed by atoms with Crippen LogP contribution in [0.4, 0.5) is 10.1 Å². The molecule has 2 aromatic rings. The van der Waals surface area contributed by atoms with Gasteiger partial charge in [-0.1, -0.05) is 0 Å². The first kappa shape index (κ1) is 18.4. The Bertz CT molecular complexity index is 800. The predicted molar refractivity (Wildman–Crippen MR) is 91.9 cm³/mol. The second-order valence-electron chi connectivity index (χ2n) is 6.63. The van der Waals surface area contributed by atoms with E-state index in [1.54, 1.807) is 0 Å². The van der Waals surface area contributed by atoms with Gasteiger partial charge < -0.3 is 15.7 Å². The fourth-order valence-corrected chi connectivity index (χ4v) is 2.11. The van der Waals surface area contributed by atoms with Crippen LogP contribution in [0.2, 0.25) is 0 Å². The Labute approximate surface area is 145 Å². The highest BCUT2D eigenvalue weighted by molar-refractivity contribution is 5.96. The molecule has 0 aliphatic carbocycles. The minimum absolute atomic E-state index is 0.0808. The van der Waals surface area contributed by atoms with Gasteiger partial charge in [0.1, 0.15) is 17.3 Å². The van der Waals surface area contributed by atoms with Crippen molar-refractivity contribution < 1.29 is 19.1 Å². The Morgan fingerprint density at radius 3 is 2.60 bits per heavy atom. The number of amides is 2. The number of phenolic OH excluding ortho intramolecular Hbond substituents is 1. The Balaban J connectivity index is 2.07. The summed E-state index contributed by atoms with van der Waals surface area (Å²) in [6, 6.07) is 6.48. The van der Waals surface area contributed by atoms with Gasteiger partial charge in [0.05, 0.1) is 6.42 Å². The molecule has 0 atom stereocenters. The van der Waals surface area contributed by atoms with Crippen LogP contribution < -0.4 is 10.6 Å². The number of phenols is 1. The molecule has 0 radical (unpaired) electrons. The molecule has 1 heterocycles. The van der Waals surface area contributed by atoms with Crippen LogP contribution in [0.25, 0.3) is 0 Å². The average Bonchev–Trinajstić information content (AvgIpc) is 2.49. The zero-order valence-corrected chi connectivity index (χ0v) is 14.3. The monoisotopic (exact) mass is 345 g/mol. The molecular formula is C18H20FN3O3. The van der Waals surface area contributed by atoms with E-state index in [1.165, 1.54) is 30.5 Å². The van der Waals surface area contributed by atoms with E-state index in [0.717, 1.165) is 6.07 Å². The number of nitrogens with zero attached hydrogens (tertiary/aromatic N) is 1. The number of benzene rings is 1. The maximum atomic E-state index is 13.6. The van der Waals surface area contributed by atoms with Crippen LogP contribution in [0, 0.1) is 5.82 Å². The number of carbonyl (C=O) groups excluding carboxylic acids is 2. The van der Waals surface area contributed by atoms with Gasteiger partial charge in [0, 0.05) is 23.0 Å². The zero-order chi connectivity index (χ0) is 18.6. The van der Waals surface area contributed by atoms with Crippen LogP contribution in [0.3, 0.4) is 0 Å². The molecule has 0 aliphatic heterocycles. The molecule has 0 spiro atoms. The smallest absolute Gasteiger partial charge is 0.270 e. The summed E-state index contributed by atoms with van der Waals surface area (Å²) in [4.78, 5) is 28.2. The first-order chi connectivity index (χ1) is 11.6. The number of aromatic hydroxyl groups is 1. The highest BCUT2D eigenvalue weighted by Gasteiger charge is 2.17. The molecule has 0 fully saturated rings. The second kappa shape index (κ2) is 7.29. The first-order valence-corrected chi connectivity index (χ1v) is 7.70. The zero-order valence-electron chi connectivity index (χ0n) is 14.3. The van der Waals surface area contributed by atoms with Gasteiger partial charge in [0.2, 0.25) is 5.91 Å². The molecule has 0 saturated heterocycles. The van der Waals surface area contributed by atoms with Gasteiger partial charge in [0.25, 0.3) is 5.91 Å². The number of anilines is 1. The van der Waals surface area contributed by atoms with E-state index in [4.69, 9.17) is 0 Å². The van der Waals surface area contributed by atoms with E-state index < -0.39 is 17.3 Å². The molecule has 0 aliphatic rings. The average molecular weight is 345 g/mol. The van der Waals surface area contributed by atoms with Gasteiger partial charge in [0.15, 0.2) is 0 Å². The quantitative estimate of drug-likeness (QED) is 0.794. The molecule has 2 amide bonds. The summed E-state index contributed by atoms with van der Waals surface area (Å²) in [7, 11) is 0. The van der Waals surface area contributed by atoms with Crippen LogP contribution in [-0.4, -0.2) is 27.4 Å². The number of hydrogen-bond donors (Lipinski definition) is 3. The van der Waals surface area contributed by atoms with Gasteiger partial charge in [-0.05, 0) is 51.1 Å². The van der Waals surface area contributed by atoms with Crippen molar-refractivity contribution in [1.82, 2.24) is 10.3 Å². The summed E-state index contributed by atoms with van der Waals surface area (Å²) in [6.07, 6.45) is 1.16. The van der Waals surface area contributed by atoms with Crippen molar-refractivity contribution in [3.63, 3.8) is 0 Å². The molecule has 0 unspecified atom stereocenters. The van der Waals surface area contributed by atoms with Gasteiger partial charge in [-0.25, -0.2) is 4.39 Å². The van der Waals surface area contributed by atoms with Gasteiger partial charge in [-0.2, -0.15) is 0 Å². The third kappa shape index (κ3) is 5.56. The minimum Gasteiger partial charge on any atom is -0.508 e. The molecule has 2 rings (SSSR count). The van der Waals surface area contributed by atoms with Crippen molar-refractivity contribution >= 4 is 17.5 Å². The summed E-state index contributed by atoms with van der Waals surface area (Å²) >= 11 is 0. The topological polar surface area (TPSA) is 91.3 Å². The molecular weight excluding hydrogens is 325 g/mol. The van der Waals surface area contributed by atoms with E-state index in [0.29, 0.717) is 5.69 Å². The van der Waals surface area contributed by atoms with Crippen molar-refractivity contribution in [3.8, 4) is 5.75 Å². The molecule has 0 bridgehead atoms. The van der Waals surface area contributed by atoms with Crippen LogP contribution >= 0.6 is 0 Å². The molecule has 0 saturated carbocycles. The maximum Gasteiger partial charge on any atom is 0.270 e. The highest BCUT2D eigenvalue weighted by Crippen LogP contribution is 2.17. The lowest BCUT2D eigenvalue weighted by molar-refractivity contribution is -0.115. The lowest BCUT2D eigenvalue weighted by atomic mass is 10.1. The number of hydrogen-bond acceptors (Lipinski definition) is 4. The number of halogens is 1. The number of rotatable bonds is 4. The van der Waals surface area contributed by atoms with E-state index in [9.17, 15) is 19.1 Å². The maximum absolute atomic E-state index is 13.6. The fourth-order valence-electron chi connectivity index (χ4n) is 2.11. The van der Waals surface area contributed by atoms with Gasteiger partial charge in [-0.15, -0.1) is 0 Å². The van der Waals surface area contributed by atoms with Crippen LogP contribution in [0.5, 0.6) is 5.75 Å². The third-order valence-corrected chi connectivity index (χ3v) is 3.15. The van der Waals surface area contributed by atoms with E-state index >= 15 is 0 Å². The number of pyridine rings is 1. The molecule has 3 N–H and O–H groups in total. The molecule has 7 heteroatoms. The Morgan fingerprint density at radius 1 is 1.20 bits per heavy atom. The summed E-state index contributed by atoms with van der Waals surface area (Å²) < 4.78 is 13.6. The van der Waals surface area contributed by atoms with Crippen molar-refractivity contribution in [1.29, 1.82) is 0 Å². The van der Waals surface area contributed by atoms with Crippen LogP contribution in [0.1, 0.15) is 36.8 Å². The summed E-state index contributed by atoms with van der Waals surface area (Å²) in [5.74, 6) is -1.53. The Hall–Kier alpha value is -2.96. The minimum atomic E-state index is -0.576. The Morgan fingerprint density at radius 2 is 1.92 bits per heavy atom. The van der Waals surface area contributed by atoms with Crippen molar-refractivity contribution in [2.75, 3.05) is 5.32 Å². The summed E-state index contributed by atoms with van der Waals surface area (Å²) in [5.41, 5.74) is 0.207. The van der Waals surface area contributed by atoms with Crippen LogP contribution in [0.15, 0.2) is 36.5 Å². The highest BCUT2D eigenvalue weighted by atomic mass is 19.1. The van der Waals surface area contributed by atoms with Gasteiger partial charge in [-0.3, -0.25) is 14.6 Å². The molecule has 6 nitrogen and oxygen atoms in total. The summed E-state index contributed by atoms with van der Waals surface area (Å²) in [6.45, 7) is 5.54. The number of carbonyl (C=O) groups is 2. The molecule has 132 valence electrons. The predicted octanol–water partition coefficient (Wildman–Crippen LogP) is 2.64. The summed E-state index contributed by atoms with van der Waals surface area (Å²) in [5, 5.41) is 14.7. The number of aromatic nitrogens is 1. The third-order valence-electron chi connectivity index (χ3n) is 3.15. The lowest BCUT2D eigenvalue weighted by Gasteiger charge is -2.20. The fraction of sp³-hybridized carbons (Fsp3) is 0.278. The van der Waals surface area contributed by atoms with Crippen molar-refractivity contribution in [3.05, 3.63) is 53.6 Å². The van der Waals surface area contributed by atoms with E-state index in [-0.39, 0.29) is 29.3 Å². The number of nitrogens with one attached hydrogen (secondary N) is 2. The first-order valence-electron chi connectivity index (χ1n) is 7.70. The standard InChI is InChI=1S/C18H20FN3O3/c1-18(2,3)22-17(25)15-10-12(6-7-20-15)21-16(24)9-11-8-13(23)4-5-14(11)19/h4-8,10,23H,9H2,1-3H3,(H,22,25)(H,20,21,24). The lowest BCUT2D eigenvalue weighted by Crippen LogP contribution is -2.40. The molecule has 1 aromatic heterocycles. The second-order valence-corrected chi connectivity index (χ2v) is 6.63. The molecule has 25 heavy (non-hydrogen) atoms.